The van der Waals surface area contributed by atoms with Crippen molar-refractivity contribution in [2.45, 2.75) is 26.4 Å². The third kappa shape index (κ3) is 3.66. The number of nitrogens with zero attached hydrogens (tertiary/aromatic N) is 6. The Bertz CT molecular complexity index is 838. The first-order valence-corrected chi connectivity index (χ1v) is 8.83. The Morgan fingerprint density at radius 2 is 1.77 bits per heavy atom. The van der Waals surface area contributed by atoms with E-state index in [0.717, 1.165) is 49.9 Å². The van der Waals surface area contributed by atoms with Crippen LogP contribution in [0.1, 0.15) is 30.5 Å². The maximum absolute atomic E-state index is 5.44. The van der Waals surface area contributed by atoms with Crippen molar-refractivity contribution >= 4 is 0 Å². The second kappa shape index (κ2) is 7.35. The largest absolute Gasteiger partial charge is 0.340 e. The SMILES string of the molecule is Cc1nc(CN2CCN(C(C)c3noc(-c4ccccc4)n3)CC2)no1. The van der Waals surface area contributed by atoms with Gasteiger partial charge < -0.3 is 9.05 Å². The molecule has 8 nitrogen and oxygen atoms in total. The summed E-state index contributed by atoms with van der Waals surface area (Å²) in [5, 5.41) is 8.15. The third-order valence-electron chi connectivity index (χ3n) is 4.73. The number of rotatable bonds is 5. The van der Waals surface area contributed by atoms with Gasteiger partial charge in [0, 0.05) is 38.7 Å². The molecule has 3 heterocycles. The Morgan fingerprint density at radius 1 is 1.00 bits per heavy atom. The summed E-state index contributed by atoms with van der Waals surface area (Å²) >= 11 is 0. The maximum Gasteiger partial charge on any atom is 0.257 e. The Morgan fingerprint density at radius 3 is 2.46 bits per heavy atom. The van der Waals surface area contributed by atoms with Gasteiger partial charge in [-0.1, -0.05) is 28.5 Å². The van der Waals surface area contributed by atoms with Crippen LogP contribution in [0.4, 0.5) is 0 Å². The molecule has 1 aliphatic heterocycles. The van der Waals surface area contributed by atoms with Gasteiger partial charge in [-0.2, -0.15) is 9.97 Å². The van der Waals surface area contributed by atoms with Crippen molar-refractivity contribution in [2.75, 3.05) is 26.2 Å². The maximum atomic E-state index is 5.44. The number of hydrogen-bond acceptors (Lipinski definition) is 8. The van der Waals surface area contributed by atoms with Crippen LogP contribution < -0.4 is 0 Å². The number of aryl methyl sites for hydroxylation is 1. The Labute approximate surface area is 151 Å². The van der Waals surface area contributed by atoms with E-state index in [2.05, 4.69) is 37.0 Å². The lowest BCUT2D eigenvalue weighted by Gasteiger charge is -2.36. The molecule has 1 atom stereocenters. The van der Waals surface area contributed by atoms with Crippen LogP contribution in [0, 0.1) is 6.92 Å². The molecule has 1 aliphatic rings. The molecule has 26 heavy (non-hydrogen) atoms. The van der Waals surface area contributed by atoms with Crippen molar-refractivity contribution in [1.29, 1.82) is 0 Å². The van der Waals surface area contributed by atoms with Crippen LogP contribution in [0.5, 0.6) is 0 Å². The van der Waals surface area contributed by atoms with Gasteiger partial charge >= 0.3 is 0 Å². The van der Waals surface area contributed by atoms with Crippen molar-refractivity contribution in [3.63, 3.8) is 0 Å². The molecule has 3 aromatic rings. The van der Waals surface area contributed by atoms with E-state index in [1.807, 2.05) is 37.3 Å². The zero-order valence-corrected chi connectivity index (χ0v) is 15.0. The van der Waals surface area contributed by atoms with E-state index in [1.165, 1.54) is 0 Å². The van der Waals surface area contributed by atoms with Gasteiger partial charge in [0.25, 0.3) is 5.89 Å². The van der Waals surface area contributed by atoms with Crippen molar-refractivity contribution in [3.8, 4) is 11.5 Å². The molecule has 1 unspecified atom stereocenters. The quantitative estimate of drug-likeness (QED) is 0.690. The average molecular weight is 354 g/mol. The average Bonchev–Trinajstić information content (AvgIpc) is 3.32. The van der Waals surface area contributed by atoms with Gasteiger partial charge in [0.05, 0.1) is 12.6 Å². The minimum Gasteiger partial charge on any atom is -0.340 e. The standard InChI is InChI=1S/C18H22N6O2/c1-13(17-20-18(26-22-17)15-6-4-3-5-7-15)24-10-8-23(9-11-24)12-16-19-14(2)25-21-16/h3-7,13H,8-12H2,1-2H3. The second-order valence-corrected chi connectivity index (χ2v) is 6.54. The van der Waals surface area contributed by atoms with E-state index >= 15 is 0 Å². The van der Waals surface area contributed by atoms with Crippen molar-refractivity contribution in [1.82, 2.24) is 30.1 Å². The first-order valence-electron chi connectivity index (χ1n) is 8.83. The highest BCUT2D eigenvalue weighted by Gasteiger charge is 2.26. The van der Waals surface area contributed by atoms with Crippen LogP contribution >= 0.6 is 0 Å². The number of benzene rings is 1. The van der Waals surface area contributed by atoms with E-state index in [1.54, 1.807) is 0 Å². The van der Waals surface area contributed by atoms with Crippen LogP contribution in [0.2, 0.25) is 0 Å². The number of hydrogen-bond donors (Lipinski definition) is 0. The molecule has 4 rings (SSSR count). The first kappa shape index (κ1) is 16.9. The lowest BCUT2D eigenvalue weighted by molar-refractivity contribution is 0.0917. The van der Waals surface area contributed by atoms with Gasteiger partial charge in [-0.25, -0.2) is 0 Å². The molecule has 0 spiro atoms. The Hall–Kier alpha value is -2.58. The first-order chi connectivity index (χ1) is 12.7. The van der Waals surface area contributed by atoms with E-state index < -0.39 is 0 Å². The molecule has 1 aromatic carbocycles. The van der Waals surface area contributed by atoms with Gasteiger partial charge in [0.2, 0.25) is 5.89 Å². The van der Waals surface area contributed by atoms with E-state index in [0.29, 0.717) is 11.8 Å². The molecule has 0 radical (unpaired) electrons. The number of piperazine rings is 1. The van der Waals surface area contributed by atoms with Crippen LogP contribution in [-0.2, 0) is 6.54 Å². The summed E-state index contributed by atoms with van der Waals surface area (Å²) in [6.45, 7) is 8.42. The van der Waals surface area contributed by atoms with Gasteiger partial charge in [0.15, 0.2) is 11.6 Å². The van der Waals surface area contributed by atoms with Crippen molar-refractivity contribution < 1.29 is 9.05 Å². The fourth-order valence-electron chi connectivity index (χ4n) is 3.18. The molecular formula is C18H22N6O2. The van der Waals surface area contributed by atoms with E-state index in [9.17, 15) is 0 Å². The van der Waals surface area contributed by atoms with Gasteiger partial charge in [0.1, 0.15) is 0 Å². The molecule has 1 fully saturated rings. The molecule has 2 aromatic heterocycles. The fourth-order valence-corrected chi connectivity index (χ4v) is 3.18. The summed E-state index contributed by atoms with van der Waals surface area (Å²) in [4.78, 5) is 13.6. The van der Waals surface area contributed by atoms with Gasteiger partial charge in [-0.15, -0.1) is 0 Å². The Balaban J connectivity index is 1.35. The van der Waals surface area contributed by atoms with Crippen LogP contribution in [0.15, 0.2) is 39.4 Å². The summed E-state index contributed by atoms with van der Waals surface area (Å²) < 4.78 is 10.5. The molecule has 136 valence electrons. The molecule has 0 amide bonds. The van der Waals surface area contributed by atoms with Gasteiger partial charge in [-0.3, -0.25) is 9.80 Å². The summed E-state index contributed by atoms with van der Waals surface area (Å²) in [6, 6.07) is 9.96. The fraction of sp³-hybridized carbons (Fsp3) is 0.444. The summed E-state index contributed by atoms with van der Waals surface area (Å²) in [5.41, 5.74) is 0.943. The highest BCUT2D eigenvalue weighted by atomic mass is 16.5. The van der Waals surface area contributed by atoms with Crippen molar-refractivity contribution in [2.24, 2.45) is 0 Å². The van der Waals surface area contributed by atoms with E-state index in [4.69, 9.17) is 9.05 Å². The smallest absolute Gasteiger partial charge is 0.257 e. The minimum atomic E-state index is 0.116. The van der Waals surface area contributed by atoms with Crippen molar-refractivity contribution in [3.05, 3.63) is 47.9 Å². The van der Waals surface area contributed by atoms with Crippen LogP contribution in [-0.4, -0.2) is 56.3 Å². The second-order valence-electron chi connectivity index (χ2n) is 6.54. The summed E-state index contributed by atoms with van der Waals surface area (Å²) in [6.07, 6.45) is 0. The van der Waals surface area contributed by atoms with Crippen LogP contribution in [0.3, 0.4) is 0 Å². The predicted octanol–water partition coefficient (Wildman–Crippen LogP) is 2.31. The molecule has 8 heteroatoms. The van der Waals surface area contributed by atoms with Crippen LogP contribution in [0.25, 0.3) is 11.5 Å². The normalized spacial score (nSPS) is 17.5. The lowest BCUT2D eigenvalue weighted by atomic mass is 10.2. The monoisotopic (exact) mass is 354 g/mol. The highest BCUT2D eigenvalue weighted by molar-refractivity contribution is 5.52. The zero-order chi connectivity index (χ0) is 17.9. The third-order valence-corrected chi connectivity index (χ3v) is 4.73. The molecular weight excluding hydrogens is 332 g/mol. The topological polar surface area (TPSA) is 84.3 Å². The molecule has 1 saturated heterocycles. The zero-order valence-electron chi connectivity index (χ0n) is 15.0. The minimum absolute atomic E-state index is 0.116. The highest BCUT2D eigenvalue weighted by Crippen LogP contribution is 2.23. The van der Waals surface area contributed by atoms with Gasteiger partial charge in [-0.05, 0) is 19.1 Å². The summed E-state index contributed by atoms with van der Waals surface area (Å²) in [7, 11) is 0. The lowest BCUT2D eigenvalue weighted by Crippen LogP contribution is -2.46. The molecule has 0 aliphatic carbocycles. The summed E-state index contributed by atoms with van der Waals surface area (Å²) in [5.74, 6) is 2.65. The molecule has 0 N–H and O–H groups in total. The molecule has 0 saturated carbocycles. The number of aromatic nitrogens is 4. The Kier molecular flexibility index (Phi) is 4.77. The molecule has 0 bridgehead atoms. The predicted molar refractivity (Wildman–Crippen MR) is 94.0 cm³/mol. The van der Waals surface area contributed by atoms with E-state index in [-0.39, 0.29) is 6.04 Å².